The van der Waals surface area contributed by atoms with Gasteiger partial charge in [0.05, 0.1) is 12.8 Å². The summed E-state index contributed by atoms with van der Waals surface area (Å²) in [5.74, 6) is 0.504. The predicted molar refractivity (Wildman–Crippen MR) is 125 cm³/mol. The molecule has 0 atom stereocenters. The Kier molecular flexibility index (Phi) is 7.09. The van der Waals surface area contributed by atoms with E-state index >= 15 is 0 Å². The van der Waals surface area contributed by atoms with E-state index < -0.39 is 0 Å². The first kappa shape index (κ1) is 21.1. The number of nitrogens with one attached hydrogen (secondary N) is 1. The minimum Gasteiger partial charge on any atom is -0.494 e. The van der Waals surface area contributed by atoms with Gasteiger partial charge in [0.1, 0.15) is 5.75 Å². The molecule has 1 aromatic heterocycles. The summed E-state index contributed by atoms with van der Waals surface area (Å²) in [4.78, 5) is 12.3. The molecule has 0 fully saturated rings. The van der Waals surface area contributed by atoms with E-state index in [0.29, 0.717) is 12.2 Å². The van der Waals surface area contributed by atoms with Crippen molar-refractivity contribution in [1.29, 1.82) is 0 Å². The van der Waals surface area contributed by atoms with Crippen LogP contribution in [0.25, 0.3) is 5.69 Å². The molecule has 1 heterocycles. The topological polar surface area (TPSA) is 55.6 Å². The van der Waals surface area contributed by atoms with Crippen LogP contribution in [0.3, 0.4) is 0 Å². The lowest BCUT2D eigenvalue weighted by Crippen LogP contribution is -2.17. The van der Waals surface area contributed by atoms with Gasteiger partial charge in [-0.15, -0.1) is 0 Å². The molecule has 0 saturated heterocycles. The number of benzene rings is 2. The zero-order chi connectivity index (χ0) is 20.8. The third kappa shape index (κ3) is 5.26. The number of aryl methyl sites for hydroxylation is 1. The van der Waals surface area contributed by atoms with E-state index in [1.165, 1.54) is 3.57 Å². The van der Waals surface area contributed by atoms with Crippen LogP contribution >= 0.6 is 22.6 Å². The van der Waals surface area contributed by atoms with E-state index in [0.717, 1.165) is 34.8 Å². The summed E-state index contributed by atoms with van der Waals surface area (Å²) in [5, 5.41) is 4.14. The van der Waals surface area contributed by atoms with Gasteiger partial charge in [-0.25, -0.2) is 5.43 Å². The van der Waals surface area contributed by atoms with Crippen LogP contribution in [0.15, 0.2) is 59.7 Å². The molecule has 0 aliphatic carbocycles. The zero-order valence-corrected chi connectivity index (χ0v) is 18.9. The second-order valence-corrected chi connectivity index (χ2v) is 7.96. The summed E-state index contributed by atoms with van der Waals surface area (Å²) >= 11 is 2.30. The average molecular weight is 501 g/mol. The molecule has 0 saturated carbocycles. The molecule has 0 radical (unpaired) electrons. The second-order valence-electron chi connectivity index (χ2n) is 6.71. The van der Waals surface area contributed by atoms with Gasteiger partial charge in [-0.05, 0) is 97.5 Å². The van der Waals surface area contributed by atoms with Gasteiger partial charge < -0.3 is 9.30 Å². The Morgan fingerprint density at radius 1 is 1.14 bits per heavy atom. The van der Waals surface area contributed by atoms with E-state index in [1.54, 1.807) is 30.5 Å². The van der Waals surface area contributed by atoms with Crippen LogP contribution in [-0.4, -0.2) is 23.3 Å². The third-order valence-electron chi connectivity index (χ3n) is 4.51. The highest BCUT2D eigenvalue weighted by molar-refractivity contribution is 14.1. The molecule has 0 bridgehead atoms. The van der Waals surface area contributed by atoms with Crippen molar-refractivity contribution >= 4 is 34.7 Å². The van der Waals surface area contributed by atoms with Gasteiger partial charge in [0.2, 0.25) is 0 Å². The van der Waals surface area contributed by atoms with Gasteiger partial charge >= 0.3 is 0 Å². The molecule has 0 aliphatic rings. The first-order valence-electron chi connectivity index (χ1n) is 9.50. The molecule has 0 aliphatic heterocycles. The predicted octanol–water partition coefficient (Wildman–Crippen LogP) is 5.25. The fraction of sp³-hybridized carbons (Fsp3) is 0.217. The van der Waals surface area contributed by atoms with Crippen molar-refractivity contribution in [3.63, 3.8) is 0 Å². The molecule has 2 aromatic carbocycles. The normalized spacial score (nSPS) is 11.0. The number of ether oxygens (including phenoxy) is 1. The molecular formula is C23H24IN3O2. The van der Waals surface area contributed by atoms with E-state index in [1.807, 2.05) is 6.92 Å². The lowest BCUT2D eigenvalue weighted by molar-refractivity contribution is 0.0955. The number of amides is 1. The average Bonchev–Trinajstić information content (AvgIpc) is 3.00. The molecule has 1 amide bonds. The summed E-state index contributed by atoms with van der Waals surface area (Å²) in [6, 6.07) is 17.5. The molecule has 29 heavy (non-hydrogen) atoms. The van der Waals surface area contributed by atoms with Crippen LogP contribution in [0.2, 0.25) is 0 Å². The van der Waals surface area contributed by atoms with Crippen molar-refractivity contribution < 1.29 is 9.53 Å². The van der Waals surface area contributed by atoms with Crippen molar-refractivity contribution in [2.75, 3.05) is 6.61 Å². The summed E-state index contributed by atoms with van der Waals surface area (Å²) in [6.07, 6.45) is 2.63. The van der Waals surface area contributed by atoms with Gasteiger partial charge in [-0.1, -0.05) is 6.92 Å². The Labute approximate surface area is 184 Å². The number of nitrogens with zero attached hydrogens (tertiary/aromatic N) is 2. The Morgan fingerprint density at radius 2 is 1.83 bits per heavy atom. The summed E-state index contributed by atoms with van der Waals surface area (Å²) in [5.41, 5.74) is 7.38. The Hall–Kier alpha value is -2.61. The molecular weight excluding hydrogens is 477 g/mol. The van der Waals surface area contributed by atoms with Crippen LogP contribution in [-0.2, 0) is 0 Å². The van der Waals surface area contributed by atoms with Crippen LogP contribution in [0.1, 0.15) is 40.7 Å². The fourth-order valence-electron chi connectivity index (χ4n) is 3.05. The molecule has 150 valence electrons. The number of halogens is 1. The lowest BCUT2D eigenvalue weighted by Gasteiger charge is -2.09. The fourth-order valence-corrected chi connectivity index (χ4v) is 3.41. The molecule has 0 spiro atoms. The molecule has 0 unspecified atom stereocenters. The minimum atomic E-state index is -0.255. The number of hydrazone groups is 1. The molecule has 6 heteroatoms. The second kappa shape index (κ2) is 9.73. The largest absolute Gasteiger partial charge is 0.494 e. The Balaban J connectivity index is 1.68. The van der Waals surface area contributed by atoms with Crippen molar-refractivity contribution in [3.05, 3.63) is 80.7 Å². The maximum atomic E-state index is 12.3. The van der Waals surface area contributed by atoms with Crippen LogP contribution < -0.4 is 10.2 Å². The van der Waals surface area contributed by atoms with E-state index in [-0.39, 0.29) is 5.91 Å². The van der Waals surface area contributed by atoms with E-state index in [2.05, 4.69) is 81.9 Å². The summed E-state index contributed by atoms with van der Waals surface area (Å²) < 4.78 is 8.91. The van der Waals surface area contributed by atoms with Crippen LogP contribution in [0.4, 0.5) is 0 Å². The van der Waals surface area contributed by atoms with Gasteiger partial charge in [0.15, 0.2) is 0 Å². The molecule has 5 nitrogen and oxygen atoms in total. The smallest absolute Gasteiger partial charge is 0.271 e. The van der Waals surface area contributed by atoms with Crippen molar-refractivity contribution in [1.82, 2.24) is 9.99 Å². The number of hydrogen-bond donors (Lipinski definition) is 1. The molecule has 3 aromatic rings. The highest BCUT2D eigenvalue weighted by atomic mass is 127. The van der Waals surface area contributed by atoms with Crippen LogP contribution in [0, 0.1) is 17.4 Å². The van der Waals surface area contributed by atoms with Gasteiger partial charge in [0.25, 0.3) is 5.91 Å². The van der Waals surface area contributed by atoms with E-state index in [4.69, 9.17) is 4.74 Å². The third-order valence-corrected chi connectivity index (χ3v) is 5.23. The Morgan fingerprint density at radius 3 is 2.48 bits per heavy atom. The highest BCUT2D eigenvalue weighted by Gasteiger charge is 2.10. The van der Waals surface area contributed by atoms with Gasteiger partial charge in [-0.2, -0.15) is 5.10 Å². The number of rotatable bonds is 7. The highest BCUT2D eigenvalue weighted by Crippen LogP contribution is 2.20. The zero-order valence-electron chi connectivity index (χ0n) is 16.8. The Bertz CT molecular complexity index is 1010. The van der Waals surface area contributed by atoms with Gasteiger partial charge in [0, 0.05) is 31.8 Å². The maximum absolute atomic E-state index is 12.3. The summed E-state index contributed by atoms with van der Waals surface area (Å²) in [7, 11) is 0. The van der Waals surface area contributed by atoms with Crippen molar-refractivity contribution in [2.24, 2.45) is 5.10 Å². The maximum Gasteiger partial charge on any atom is 0.271 e. The van der Waals surface area contributed by atoms with E-state index in [9.17, 15) is 4.79 Å². The minimum absolute atomic E-state index is 0.255. The lowest BCUT2D eigenvalue weighted by atomic mass is 10.2. The number of aromatic nitrogens is 1. The number of carbonyl (C=O) groups excluding carboxylic acids is 1. The molecule has 3 rings (SSSR count). The van der Waals surface area contributed by atoms with Crippen molar-refractivity contribution in [2.45, 2.75) is 27.2 Å². The first-order chi connectivity index (χ1) is 14.0. The quantitative estimate of drug-likeness (QED) is 0.273. The number of hydrogen-bond acceptors (Lipinski definition) is 3. The molecule has 1 N–H and O–H groups in total. The standard InChI is InChI=1S/C23H24IN3O2/c1-4-13-29-22-11-5-18(6-12-22)23(28)26-25-15-19-14-16(2)27(17(19)3)21-9-7-20(24)8-10-21/h5-12,14-15H,4,13H2,1-3H3,(H,26,28)/b25-15+. The number of carbonyl (C=O) groups is 1. The van der Waals surface area contributed by atoms with Crippen LogP contribution in [0.5, 0.6) is 5.75 Å². The first-order valence-corrected chi connectivity index (χ1v) is 10.6. The summed E-state index contributed by atoms with van der Waals surface area (Å²) in [6.45, 7) is 6.82. The SMILES string of the molecule is CCCOc1ccc(C(=O)N/N=C/c2cc(C)n(-c3ccc(I)cc3)c2C)cc1. The van der Waals surface area contributed by atoms with Crippen molar-refractivity contribution in [3.8, 4) is 11.4 Å². The van der Waals surface area contributed by atoms with Gasteiger partial charge in [-0.3, -0.25) is 4.79 Å². The monoisotopic (exact) mass is 501 g/mol.